The van der Waals surface area contributed by atoms with Crippen molar-refractivity contribution in [1.29, 1.82) is 0 Å². The van der Waals surface area contributed by atoms with Crippen molar-refractivity contribution in [2.24, 2.45) is 0 Å². The van der Waals surface area contributed by atoms with Crippen molar-refractivity contribution in [3.63, 3.8) is 0 Å². The Morgan fingerprint density at radius 3 is 2.33 bits per heavy atom. The summed E-state index contributed by atoms with van der Waals surface area (Å²) in [5, 5.41) is 2.84. The van der Waals surface area contributed by atoms with E-state index in [1.165, 1.54) is 0 Å². The van der Waals surface area contributed by atoms with E-state index in [9.17, 15) is 4.79 Å². The molecule has 0 aliphatic heterocycles. The van der Waals surface area contributed by atoms with E-state index in [0.29, 0.717) is 16.7 Å². The maximum Gasteiger partial charge on any atom is 0.277 e. The standard InChI is InChI=1S/C15H9BrClN3O/c16-9-5-1-2-6-10(9)20-15(21)13-14(17)19-12-8-4-3-7-11(12)18-13/h1-8H,(H,20,21). The molecule has 1 N–H and O–H groups in total. The molecule has 0 aliphatic carbocycles. The third-order valence-electron chi connectivity index (χ3n) is 2.87. The van der Waals surface area contributed by atoms with Crippen molar-refractivity contribution < 1.29 is 4.79 Å². The molecular formula is C15H9BrClN3O. The van der Waals surface area contributed by atoms with Gasteiger partial charge in [-0.05, 0) is 40.2 Å². The highest BCUT2D eigenvalue weighted by Crippen LogP contribution is 2.23. The second-order valence-electron chi connectivity index (χ2n) is 4.29. The van der Waals surface area contributed by atoms with Crippen molar-refractivity contribution in [2.75, 3.05) is 5.32 Å². The maximum atomic E-state index is 12.3. The number of carbonyl (C=O) groups is 1. The number of hydrogen-bond acceptors (Lipinski definition) is 3. The molecule has 0 bridgehead atoms. The van der Waals surface area contributed by atoms with Crippen LogP contribution in [0.5, 0.6) is 0 Å². The van der Waals surface area contributed by atoms with E-state index >= 15 is 0 Å². The van der Waals surface area contributed by atoms with E-state index in [2.05, 4.69) is 31.2 Å². The van der Waals surface area contributed by atoms with Crippen LogP contribution in [-0.4, -0.2) is 15.9 Å². The number of nitrogens with zero attached hydrogens (tertiary/aromatic N) is 2. The number of anilines is 1. The molecule has 0 atom stereocenters. The van der Waals surface area contributed by atoms with Crippen LogP contribution in [0, 0.1) is 0 Å². The molecule has 0 radical (unpaired) electrons. The van der Waals surface area contributed by atoms with E-state index in [0.717, 1.165) is 4.47 Å². The van der Waals surface area contributed by atoms with Gasteiger partial charge in [-0.3, -0.25) is 4.79 Å². The topological polar surface area (TPSA) is 54.9 Å². The van der Waals surface area contributed by atoms with E-state index in [4.69, 9.17) is 11.6 Å². The molecular weight excluding hydrogens is 354 g/mol. The van der Waals surface area contributed by atoms with Gasteiger partial charge in [0.05, 0.1) is 16.7 Å². The number of hydrogen-bond donors (Lipinski definition) is 1. The minimum atomic E-state index is -0.398. The van der Waals surface area contributed by atoms with E-state index in [1.54, 1.807) is 18.2 Å². The smallest absolute Gasteiger partial charge is 0.277 e. The van der Waals surface area contributed by atoms with Crippen LogP contribution in [0.1, 0.15) is 10.5 Å². The molecule has 1 aromatic heterocycles. The molecule has 0 unspecified atom stereocenters. The highest BCUT2D eigenvalue weighted by Gasteiger charge is 2.16. The summed E-state index contributed by atoms with van der Waals surface area (Å²) in [6, 6.07) is 14.6. The van der Waals surface area contributed by atoms with Gasteiger partial charge in [-0.25, -0.2) is 9.97 Å². The minimum absolute atomic E-state index is 0.0817. The SMILES string of the molecule is O=C(Nc1ccccc1Br)c1nc2ccccc2nc1Cl. The molecule has 1 heterocycles. The lowest BCUT2D eigenvalue weighted by molar-refractivity contribution is 0.102. The summed E-state index contributed by atoms with van der Waals surface area (Å²) in [5.41, 5.74) is 2.03. The summed E-state index contributed by atoms with van der Waals surface area (Å²) in [7, 11) is 0. The van der Waals surface area contributed by atoms with Gasteiger partial charge in [0, 0.05) is 4.47 Å². The molecule has 104 valence electrons. The Labute approximate surface area is 134 Å². The summed E-state index contributed by atoms with van der Waals surface area (Å²) in [6.07, 6.45) is 0. The van der Waals surface area contributed by atoms with Gasteiger partial charge in [0.15, 0.2) is 10.8 Å². The second kappa shape index (κ2) is 5.79. The fraction of sp³-hybridized carbons (Fsp3) is 0. The Hall–Kier alpha value is -1.98. The molecule has 1 amide bonds. The van der Waals surface area contributed by atoms with E-state index < -0.39 is 5.91 Å². The van der Waals surface area contributed by atoms with Crippen LogP contribution in [0.2, 0.25) is 5.15 Å². The number of para-hydroxylation sites is 3. The lowest BCUT2D eigenvalue weighted by Crippen LogP contribution is -2.15. The Kier molecular flexibility index (Phi) is 3.86. The summed E-state index contributed by atoms with van der Waals surface area (Å²) >= 11 is 9.43. The van der Waals surface area contributed by atoms with Crippen LogP contribution in [0.3, 0.4) is 0 Å². The van der Waals surface area contributed by atoms with Crippen molar-refractivity contribution in [3.05, 3.63) is 63.9 Å². The lowest BCUT2D eigenvalue weighted by Gasteiger charge is -2.08. The molecule has 0 spiro atoms. The Morgan fingerprint density at radius 2 is 1.62 bits per heavy atom. The lowest BCUT2D eigenvalue weighted by atomic mass is 10.2. The van der Waals surface area contributed by atoms with Crippen LogP contribution in [0.4, 0.5) is 5.69 Å². The number of halogens is 2. The molecule has 6 heteroatoms. The zero-order valence-corrected chi connectivity index (χ0v) is 13.0. The Morgan fingerprint density at radius 1 is 1.00 bits per heavy atom. The number of aromatic nitrogens is 2. The average molecular weight is 363 g/mol. The quantitative estimate of drug-likeness (QED) is 0.739. The minimum Gasteiger partial charge on any atom is -0.320 e. The normalized spacial score (nSPS) is 10.6. The highest BCUT2D eigenvalue weighted by atomic mass is 79.9. The number of carbonyl (C=O) groups excluding carboxylic acids is 1. The van der Waals surface area contributed by atoms with Gasteiger partial charge in [0.2, 0.25) is 0 Å². The molecule has 0 saturated heterocycles. The molecule has 3 aromatic rings. The first-order valence-corrected chi connectivity index (χ1v) is 7.30. The first kappa shape index (κ1) is 14.0. The predicted molar refractivity (Wildman–Crippen MR) is 86.6 cm³/mol. The number of fused-ring (bicyclic) bond motifs is 1. The Balaban J connectivity index is 1.98. The largest absolute Gasteiger partial charge is 0.320 e. The van der Waals surface area contributed by atoms with Crippen molar-refractivity contribution >= 4 is 50.2 Å². The van der Waals surface area contributed by atoms with Crippen molar-refractivity contribution in [3.8, 4) is 0 Å². The second-order valence-corrected chi connectivity index (χ2v) is 5.50. The van der Waals surface area contributed by atoms with Gasteiger partial charge in [-0.1, -0.05) is 35.9 Å². The van der Waals surface area contributed by atoms with Gasteiger partial charge in [0.1, 0.15) is 0 Å². The molecule has 3 rings (SSSR count). The van der Waals surface area contributed by atoms with Crippen LogP contribution in [0.25, 0.3) is 11.0 Å². The van der Waals surface area contributed by atoms with E-state index in [1.807, 2.05) is 30.3 Å². The van der Waals surface area contributed by atoms with Crippen LogP contribution in [-0.2, 0) is 0 Å². The Bertz CT molecular complexity index is 838. The molecule has 4 nitrogen and oxygen atoms in total. The van der Waals surface area contributed by atoms with Crippen LogP contribution >= 0.6 is 27.5 Å². The number of amides is 1. The molecule has 2 aromatic carbocycles. The number of rotatable bonds is 2. The third-order valence-corrected chi connectivity index (χ3v) is 3.82. The fourth-order valence-corrected chi connectivity index (χ4v) is 2.47. The first-order chi connectivity index (χ1) is 10.1. The molecule has 0 aliphatic rings. The average Bonchev–Trinajstić information content (AvgIpc) is 2.49. The van der Waals surface area contributed by atoms with Gasteiger partial charge >= 0.3 is 0 Å². The maximum absolute atomic E-state index is 12.3. The summed E-state index contributed by atoms with van der Waals surface area (Å²) in [6.45, 7) is 0. The van der Waals surface area contributed by atoms with Crippen molar-refractivity contribution in [2.45, 2.75) is 0 Å². The number of benzene rings is 2. The monoisotopic (exact) mass is 361 g/mol. The molecule has 0 fully saturated rings. The van der Waals surface area contributed by atoms with Crippen molar-refractivity contribution in [1.82, 2.24) is 9.97 Å². The first-order valence-electron chi connectivity index (χ1n) is 6.13. The zero-order valence-electron chi connectivity index (χ0n) is 10.7. The third kappa shape index (κ3) is 2.89. The highest BCUT2D eigenvalue weighted by molar-refractivity contribution is 9.10. The van der Waals surface area contributed by atoms with Gasteiger partial charge in [-0.2, -0.15) is 0 Å². The number of nitrogens with one attached hydrogen (secondary N) is 1. The zero-order chi connectivity index (χ0) is 14.8. The summed E-state index contributed by atoms with van der Waals surface area (Å²) in [5.74, 6) is -0.398. The van der Waals surface area contributed by atoms with Gasteiger partial charge in [0.25, 0.3) is 5.91 Å². The van der Waals surface area contributed by atoms with Crippen LogP contribution in [0.15, 0.2) is 53.0 Å². The van der Waals surface area contributed by atoms with Gasteiger partial charge < -0.3 is 5.32 Å². The predicted octanol–water partition coefficient (Wildman–Crippen LogP) is 4.30. The van der Waals surface area contributed by atoms with Crippen LogP contribution < -0.4 is 5.32 Å². The summed E-state index contributed by atoms with van der Waals surface area (Å²) in [4.78, 5) is 20.8. The molecule has 21 heavy (non-hydrogen) atoms. The summed E-state index contributed by atoms with van der Waals surface area (Å²) < 4.78 is 0.781. The molecule has 0 saturated carbocycles. The van der Waals surface area contributed by atoms with E-state index in [-0.39, 0.29) is 10.8 Å². The van der Waals surface area contributed by atoms with Gasteiger partial charge in [-0.15, -0.1) is 0 Å². The fourth-order valence-electron chi connectivity index (χ4n) is 1.87.